The second-order valence-electron chi connectivity index (χ2n) is 7.96. The zero-order valence-corrected chi connectivity index (χ0v) is 20.4. The number of nitrogens with one attached hydrogen (secondary N) is 1. The summed E-state index contributed by atoms with van der Waals surface area (Å²) >= 11 is 0. The van der Waals surface area contributed by atoms with E-state index in [0.29, 0.717) is 50.8 Å². The van der Waals surface area contributed by atoms with Crippen LogP contribution in [0.4, 0.5) is 10.6 Å². The van der Waals surface area contributed by atoms with Gasteiger partial charge in [-0.3, -0.25) is 4.79 Å². The highest BCUT2D eigenvalue weighted by molar-refractivity contribution is 5.84. The molecule has 1 N–H and O–H groups in total. The van der Waals surface area contributed by atoms with E-state index in [-0.39, 0.29) is 18.5 Å². The quantitative estimate of drug-likeness (QED) is 0.600. The van der Waals surface area contributed by atoms with Gasteiger partial charge in [0.05, 0.1) is 19.9 Å². The topological polar surface area (TPSA) is 100 Å². The lowest BCUT2D eigenvalue weighted by atomic mass is 10.1. The SMILES string of the molecule is CCCNC(=O)N(CC)CC(=O)N1CCN(c2ccc(-c3ccc(OC)c(OC)c3)nn2)CC1. The largest absolute Gasteiger partial charge is 0.493 e. The van der Waals surface area contributed by atoms with E-state index in [4.69, 9.17) is 9.47 Å². The predicted octanol–water partition coefficient (Wildman–Crippen LogP) is 2.25. The lowest BCUT2D eigenvalue weighted by Crippen LogP contribution is -2.53. The highest BCUT2D eigenvalue weighted by atomic mass is 16.5. The number of hydrogen-bond donors (Lipinski definition) is 1. The molecule has 3 rings (SSSR count). The molecular weight excluding hydrogens is 436 g/mol. The van der Waals surface area contributed by atoms with E-state index in [1.165, 1.54) is 0 Å². The Hall–Kier alpha value is -3.56. The molecule has 1 fully saturated rings. The molecule has 0 saturated carbocycles. The van der Waals surface area contributed by atoms with Crippen LogP contribution in [0.5, 0.6) is 11.5 Å². The van der Waals surface area contributed by atoms with Crippen molar-refractivity contribution in [1.29, 1.82) is 0 Å². The second-order valence-corrected chi connectivity index (χ2v) is 7.96. The van der Waals surface area contributed by atoms with Gasteiger partial charge in [-0.15, -0.1) is 10.2 Å². The molecule has 1 saturated heterocycles. The van der Waals surface area contributed by atoms with Crippen LogP contribution in [-0.4, -0.2) is 92.0 Å². The maximum absolute atomic E-state index is 12.7. The summed E-state index contributed by atoms with van der Waals surface area (Å²) < 4.78 is 10.7. The number of likely N-dealkylation sites (N-methyl/N-ethyl adjacent to an activating group) is 1. The summed E-state index contributed by atoms with van der Waals surface area (Å²) in [4.78, 5) is 30.4. The Balaban J connectivity index is 1.56. The van der Waals surface area contributed by atoms with Crippen molar-refractivity contribution in [3.63, 3.8) is 0 Å². The molecule has 2 aromatic rings. The van der Waals surface area contributed by atoms with E-state index in [2.05, 4.69) is 20.4 Å². The molecule has 1 aliphatic rings. The molecule has 0 atom stereocenters. The summed E-state index contributed by atoms with van der Waals surface area (Å²) in [6.07, 6.45) is 0.858. The average molecular weight is 471 g/mol. The van der Waals surface area contributed by atoms with E-state index < -0.39 is 0 Å². The minimum absolute atomic E-state index is 0.0389. The van der Waals surface area contributed by atoms with Gasteiger partial charge in [-0.25, -0.2) is 4.79 Å². The lowest BCUT2D eigenvalue weighted by Gasteiger charge is -2.36. The zero-order valence-electron chi connectivity index (χ0n) is 20.4. The number of aromatic nitrogens is 2. The molecule has 10 nitrogen and oxygen atoms in total. The van der Waals surface area contributed by atoms with Crippen LogP contribution in [0.2, 0.25) is 0 Å². The fourth-order valence-electron chi connectivity index (χ4n) is 3.76. The molecule has 0 radical (unpaired) electrons. The van der Waals surface area contributed by atoms with Crippen LogP contribution in [-0.2, 0) is 4.79 Å². The minimum Gasteiger partial charge on any atom is -0.493 e. The molecule has 0 spiro atoms. The number of carbonyl (C=O) groups is 2. The zero-order chi connectivity index (χ0) is 24.5. The summed E-state index contributed by atoms with van der Waals surface area (Å²) in [7, 11) is 3.20. The van der Waals surface area contributed by atoms with Crippen molar-refractivity contribution in [1.82, 2.24) is 25.3 Å². The second kappa shape index (κ2) is 12.1. The number of nitrogens with zero attached hydrogens (tertiary/aromatic N) is 5. The predicted molar refractivity (Wildman–Crippen MR) is 130 cm³/mol. The summed E-state index contributed by atoms with van der Waals surface area (Å²) in [6.45, 7) is 7.52. The molecule has 184 valence electrons. The Bertz CT molecular complexity index is 960. The van der Waals surface area contributed by atoms with Gasteiger partial charge in [0.25, 0.3) is 0 Å². The highest BCUT2D eigenvalue weighted by Gasteiger charge is 2.24. The molecule has 10 heteroatoms. The van der Waals surface area contributed by atoms with Crippen LogP contribution in [0.15, 0.2) is 30.3 Å². The number of ether oxygens (including phenoxy) is 2. The van der Waals surface area contributed by atoms with Crippen LogP contribution in [0, 0.1) is 0 Å². The van der Waals surface area contributed by atoms with Crippen molar-refractivity contribution in [2.24, 2.45) is 0 Å². The first-order valence-corrected chi connectivity index (χ1v) is 11.6. The molecular formula is C24H34N6O4. The van der Waals surface area contributed by atoms with Crippen molar-refractivity contribution < 1.29 is 19.1 Å². The Kier molecular flexibility index (Phi) is 8.89. The van der Waals surface area contributed by atoms with Crippen molar-refractivity contribution in [2.45, 2.75) is 20.3 Å². The minimum atomic E-state index is -0.193. The maximum Gasteiger partial charge on any atom is 0.317 e. The number of urea groups is 1. The third kappa shape index (κ3) is 6.06. The average Bonchev–Trinajstić information content (AvgIpc) is 2.89. The number of piperazine rings is 1. The third-order valence-electron chi connectivity index (χ3n) is 5.81. The summed E-state index contributed by atoms with van der Waals surface area (Å²) in [5.74, 6) is 2.02. The van der Waals surface area contributed by atoms with Crippen molar-refractivity contribution in [2.75, 3.05) is 64.9 Å². The third-order valence-corrected chi connectivity index (χ3v) is 5.81. The van der Waals surface area contributed by atoms with Crippen molar-refractivity contribution in [3.05, 3.63) is 30.3 Å². The fourth-order valence-corrected chi connectivity index (χ4v) is 3.76. The summed E-state index contributed by atoms with van der Waals surface area (Å²) in [5.41, 5.74) is 1.62. The van der Waals surface area contributed by atoms with Gasteiger partial charge >= 0.3 is 6.03 Å². The van der Waals surface area contributed by atoms with Crippen molar-refractivity contribution in [3.8, 4) is 22.8 Å². The van der Waals surface area contributed by atoms with Crippen LogP contribution < -0.4 is 19.7 Å². The van der Waals surface area contributed by atoms with Crippen LogP contribution >= 0.6 is 0 Å². The Morgan fingerprint density at radius 2 is 1.74 bits per heavy atom. The molecule has 0 unspecified atom stereocenters. The van der Waals surface area contributed by atoms with E-state index in [1.807, 2.05) is 44.2 Å². The van der Waals surface area contributed by atoms with Gasteiger partial charge in [0.15, 0.2) is 17.3 Å². The molecule has 1 aromatic heterocycles. The van der Waals surface area contributed by atoms with E-state index in [1.54, 1.807) is 24.0 Å². The Morgan fingerprint density at radius 1 is 1.00 bits per heavy atom. The molecule has 34 heavy (non-hydrogen) atoms. The highest BCUT2D eigenvalue weighted by Crippen LogP contribution is 2.31. The number of carbonyl (C=O) groups excluding carboxylic acids is 2. The molecule has 0 bridgehead atoms. The van der Waals surface area contributed by atoms with Gasteiger partial charge in [-0.1, -0.05) is 6.92 Å². The smallest absolute Gasteiger partial charge is 0.317 e. The molecule has 3 amide bonds. The van der Waals surface area contributed by atoms with Gasteiger partial charge in [0.1, 0.15) is 6.54 Å². The fraction of sp³-hybridized carbons (Fsp3) is 0.500. The summed E-state index contributed by atoms with van der Waals surface area (Å²) in [6, 6.07) is 9.29. The van der Waals surface area contributed by atoms with E-state index >= 15 is 0 Å². The number of hydrogen-bond acceptors (Lipinski definition) is 7. The monoisotopic (exact) mass is 470 g/mol. The first kappa shape index (κ1) is 25.1. The standard InChI is InChI=1S/C24H34N6O4/c1-5-11-25-24(32)28(6-2)17-23(31)30-14-12-29(13-15-30)22-10-8-19(26-27-22)18-7-9-20(33-3)21(16-18)34-4/h7-10,16H,5-6,11-15,17H2,1-4H3,(H,25,32). The van der Waals surface area contributed by atoms with Gasteiger partial charge in [0, 0.05) is 44.8 Å². The Labute approximate surface area is 200 Å². The van der Waals surface area contributed by atoms with Crippen LogP contribution in [0.3, 0.4) is 0 Å². The molecule has 0 aliphatic carbocycles. The number of anilines is 1. The maximum atomic E-state index is 12.7. The van der Waals surface area contributed by atoms with Crippen molar-refractivity contribution >= 4 is 17.8 Å². The van der Waals surface area contributed by atoms with Gasteiger partial charge < -0.3 is 29.5 Å². The molecule has 1 aromatic carbocycles. The lowest BCUT2D eigenvalue weighted by molar-refractivity contribution is -0.132. The van der Waals surface area contributed by atoms with E-state index in [9.17, 15) is 9.59 Å². The van der Waals surface area contributed by atoms with Crippen LogP contribution in [0.1, 0.15) is 20.3 Å². The van der Waals surface area contributed by atoms with Crippen LogP contribution in [0.25, 0.3) is 11.3 Å². The number of methoxy groups -OCH3 is 2. The van der Waals surface area contributed by atoms with E-state index in [0.717, 1.165) is 23.5 Å². The van der Waals surface area contributed by atoms with Gasteiger partial charge in [-0.2, -0.15) is 0 Å². The normalized spacial score (nSPS) is 13.4. The summed E-state index contributed by atoms with van der Waals surface area (Å²) in [5, 5.41) is 11.6. The first-order valence-electron chi connectivity index (χ1n) is 11.6. The number of amides is 3. The van der Waals surface area contributed by atoms with Gasteiger partial charge in [-0.05, 0) is 43.7 Å². The molecule has 2 heterocycles. The number of rotatable bonds is 9. The Morgan fingerprint density at radius 3 is 2.32 bits per heavy atom. The molecule has 1 aliphatic heterocycles. The van der Waals surface area contributed by atoms with Gasteiger partial charge in [0.2, 0.25) is 5.91 Å². The number of benzene rings is 1. The first-order chi connectivity index (χ1) is 16.5.